The molecule has 8 heteroatoms. The van der Waals surface area contributed by atoms with Gasteiger partial charge >= 0.3 is 0 Å². The lowest BCUT2D eigenvalue weighted by Gasteiger charge is -2.29. The number of nitrogens with one attached hydrogen (secondary N) is 1. The number of carbonyl (C=O) groups excluding carboxylic acids is 1. The van der Waals surface area contributed by atoms with Crippen LogP contribution in [-0.2, 0) is 19.6 Å². The van der Waals surface area contributed by atoms with Gasteiger partial charge in [-0.15, -0.1) is 0 Å². The molecule has 0 saturated carbocycles. The first kappa shape index (κ1) is 19.2. The minimum Gasteiger partial charge on any atom is -0.481 e. The van der Waals surface area contributed by atoms with Crippen LogP contribution in [0.2, 0.25) is 0 Å². The first-order valence-corrected chi connectivity index (χ1v) is 10.2. The molecule has 1 aliphatic heterocycles. The Kier molecular flexibility index (Phi) is 5.98. The maximum atomic E-state index is 12.4. The van der Waals surface area contributed by atoms with Gasteiger partial charge in [-0.1, -0.05) is 18.2 Å². The number of hydrogen-bond donors (Lipinski definition) is 1. The summed E-state index contributed by atoms with van der Waals surface area (Å²) in [7, 11) is -3.69. The highest BCUT2D eigenvalue weighted by atomic mass is 32.2. The van der Waals surface area contributed by atoms with E-state index in [0.717, 1.165) is 0 Å². The van der Waals surface area contributed by atoms with Gasteiger partial charge in [-0.25, -0.2) is 8.42 Å². The molecule has 1 saturated heterocycles. The molecule has 3 rings (SSSR count). The van der Waals surface area contributed by atoms with Crippen molar-refractivity contribution in [1.29, 1.82) is 0 Å². The number of benzene rings is 2. The van der Waals surface area contributed by atoms with E-state index in [2.05, 4.69) is 4.72 Å². The Hall–Kier alpha value is -2.58. The van der Waals surface area contributed by atoms with Crippen molar-refractivity contribution < 1.29 is 22.7 Å². The summed E-state index contributed by atoms with van der Waals surface area (Å²) in [4.78, 5) is 14.2. The number of amides is 1. The minimum absolute atomic E-state index is 0.110. The quantitative estimate of drug-likeness (QED) is 0.817. The molecule has 2 aromatic rings. The molecule has 1 fully saturated rings. The first-order valence-electron chi connectivity index (χ1n) is 8.67. The molecule has 1 N–H and O–H groups in total. The maximum absolute atomic E-state index is 12.4. The molecule has 7 nitrogen and oxygen atoms in total. The van der Waals surface area contributed by atoms with Gasteiger partial charge in [0.1, 0.15) is 5.75 Å². The van der Waals surface area contributed by atoms with Crippen molar-refractivity contribution in [3.05, 3.63) is 54.6 Å². The topological polar surface area (TPSA) is 84.9 Å². The fourth-order valence-corrected chi connectivity index (χ4v) is 3.77. The molecule has 0 aliphatic carbocycles. The van der Waals surface area contributed by atoms with E-state index in [1.165, 1.54) is 12.1 Å². The van der Waals surface area contributed by atoms with Crippen LogP contribution >= 0.6 is 0 Å². The smallest absolute Gasteiger partial charge is 0.263 e. The van der Waals surface area contributed by atoms with Crippen molar-refractivity contribution in [3.63, 3.8) is 0 Å². The second-order valence-corrected chi connectivity index (χ2v) is 7.82. The molecule has 0 bridgehead atoms. The summed E-state index contributed by atoms with van der Waals surface area (Å²) in [5.74, 6) is 0.323. The lowest BCUT2D eigenvalue weighted by atomic mass is 10.3. The summed E-state index contributed by atoms with van der Waals surface area (Å²) >= 11 is 0. The fraction of sp³-hybridized carbons (Fsp3) is 0.316. The van der Waals surface area contributed by atoms with Crippen molar-refractivity contribution in [1.82, 2.24) is 4.90 Å². The zero-order valence-electron chi connectivity index (χ0n) is 15.0. The van der Waals surface area contributed by atoms with Crippen molar-refractivity contribution in [2.24, 2.45) is 0 Å². The fourth-order valence-electron chi connectivity index (χ4n) is 2.71. The van der Waals surface area contributed by atoms with Gasteiger partial charge in [0, 0.05) is 18.8 Å². The van der Waals surface area contributed by atoms with Crippen LogP contribution in [0, 0.1) is 0 Å². The lowest BCUT2D eigenvalue weighted by molar-refractivity contribution is -0.142. The molecule has 1 amide bonds. The Morgan fingerprint density at radius 3 is 2.33 bits per heavy atom. The molecule has 1 atom stereocenters. The van der Waals surface area contributed by atoms with Gasteiger partial charge in [0.05, 0.1) is 18.1 Å². The monoisotopic (exact) mass is 390 g/mol. The van der Waals surface area contributed by atoms with Crippen LogP contribution in [0.25, 0.3) is 0 Å². The number of sulfonamides is 1. The largest absolute Gasteiger partial charge is 0.481 e. The minimum atomic E-state index is -3.69. The molecule has 0 radical (unpaired) electrons. The Morgan fingerprint density at radius 1 is 1.07 bits per heavy atom. The van der Waals surface area contributed by atoms with E-state index in [1.807, 2.05) is 6.07 Å². The molecule has 1 aliphatic rings. The van der Waals surface area contributed by atoms with Crippen molar-refractivity contribution in [3.8, 4) is 5.75 Å². The average molecular weight is 390 g/mol. The van der Waals surface area contributed by atoms with Gasteiger partial charge in [0.15, 0.2) is 6.10 Å². The Balaban J connectivity index is 1.63. The summed E-state index contributed by atoms with van der Waals surface area (Å²) in [6, 6.07) is 14.7. The number of anilines is 1. The predicted molar refractivity (Wildman–Crippen MR) is 101 cm³/mol. The highest BCUT2D eigenvalue weighted by Gasteiger charge is 2.24. The zero-order chi connectivity index (χ0) is 19.3. The molecule has 144 valence electrons. The van der Waals surface area contributed by atoms with E-state index in [1.54, 1.807) is 48.2 Å². The number of hydrogen-bond acceptors (Lipinski definition) is 5. The summed E-state index contributed by atoms with van der Waals surface area (Å²) < 4.78 is 38.3. The van der Waals surface area contributed by atoms with E-state index >= 15 is 0 Å². The number of ether oxygens (including phenoxy) is 2. The molecule has 1 heterocycles. The molecule has 2 aromatic carbocycles. The van der Waals surface area contributed by atoms with Crippen LogP contribution in [-0.4, -0.2) is 51.6 Å². The molecule has 0 unspecified atom stereocenters. The maximum Gasteiger partial charge on any atom is 0.263 e. The standard InChI is InChI=1S/C19H22N2O5S/c1-15(19(22)21-11-13-25-14-12-21)26-17-7-9-18(10-8-17)27(23,24)20-16-5-3-2-4-6-16/h2-10,15,20H,11-14H2,1H3/t15-/m1/s1. The number of carbonyl (C=O) groups is 1. The molecular weight excluding hydrogens is 368 g/mol. The van der Waals surface area contributed by atoms with Crippen LogP contribution in [0.1, 0.15) is 6.92 Å². The van der Waals surface area contributed by atoms with E-state index in [4.69, 9.17) is 9.47 Å². The van der Waals surface area contributed by atoms with E-state index in [9.17, 15) is 13.2 Å². The lowest BCUT2D eigenvalue weighted by Crippen LogP contribution is -2.46. The van der Waals surface area contributed by atoms with E-state index < -0.39 is 16.1 Å². The number of rotatable bonds is 6. The molecule has 27 heavy (non-hydrogen) atoms. The normalized spacial score (nSPS) is 15.8. The van der Waals surface area contributed by atoms with Crippen molar-refractivity contribution in [2.75, 3.05) is 31.0 Å². The molecule has 0 aromatic heterocycles. The number of morpholine rings is 1. The van der Waals surface area contributed by atoms with Crippen LogP contribution in [0.5, 0.6) is 5.75 Å². The van der Waals surface area contributed by atoms with Gasteiger partial charge in [0.25, 0.3) is 15.9 Å². The van der Waals surface area contributed by atoms with E-state index in [0.29, 0.717) is 37.7 Å². The Morgan fingerprint density at radius 2 is 1.70 bits per heavy atom. The van der Waals surface area contributed by atoms with E-state index in [-0.39, 0.29) is 10.8 Å². The van der Waals surface area contributed by atoms with Crippen LogP contribution in [0.3, 0.4) is 0 Å². The second kappa shape index (κ2) is 8.41. The summed E-state index contributed by atoms with van der Waals surface area (Å²) in [5.41, 5.74) is 0.488. The Bertz CT molecular complexity index is 863. The summed E-state index contributed by atoms with van der Waals surface area (Å²) in [5, 5.41) is 0. The van der Waals surface area contributed by atoms with Gasteiger partial charge in [-0.05, 0) is 43.3 Å². The third-order valence-corrected chi connectivity index (χ3v) is 5.54. The summed E-state index contributed by atoms with van der Waals surface area (Å²) in [6.45, 7) is 3.84. The average Bonchev–Trinajstić information content (AvgIpc) is 2.69. The highest BCUT2D eigenvalue weighted by Crippen LogP contribution is 2.20. The van der Waals surface area contributed by atoms with Gasteiger partial charge in [-0.3, -0.25) is 9.52 Å². The van der Waals surface area contributed by atoms with Crippen LogP contribution in [0.4, 0.5) is 5.69 Å². The molecular formula is C19H22N2O5S. The summed E-state index contributed by atoms with van der Waals surface area (Å²) in [6.07, 6.45) is -0.659. The number of para-hydroxylation sites is 1. The van der Waals surface area contributed by atoms with Gasteiger partial charge in [0.2, 0.25) is 0 Å². The predicted octanol–water partition coefficient (Wildman–Crippen LogP) is 2.11. The first-order chi connectivity index (χ1) is 13.0. The van der Waals surface area contributed by atoms with Crippen molar-refractivity contribution in [2.45, 2.75) is 17.9 Å². The molecule has 0 spiro atoms. The highest BCUT2D eigenvalue weighted by molar-refractivity contribution is 7.92. The third-order valence-electron chi connectivity index (χ3n) is 4.14. The van der Waals surface area contributed by atoms with Gasteiger partial charge in [-0.2, -0.15) is 0 Å². The van der Waals surface area contributed by atoms with Crippen LogP contribution < -0.4 is 9.46 Å². The van der Waals surface area contributed by atoms with Crippen molar-refractivity contribution >= 4 is 21.6 Å². The van der Waals surface area contributed by atoms with Crippen LogP contribution in [0.15, 0.2) is 59.5 Å². The second-order valence-electron chi connectivity index (χ2n) is 6.14. The Labute approximate surface area is 158 Å². The zero-order valence-corrected chi connectivity index (χ0v) is 15.8. The number of nitrogens with zero attached hydrogens (tertiary/aromatic N) is 1. The van der Waals surface area contributed by atoms with Gasteiger partial charge < -0.3 is 14.4 Å². The third kappa shape index (κ3) is 4.99. The SMILES string of the molecule is C[C@@H](Oc1ccc(S(=O)(=O)Nc2ccccc2)cc1)C(=O)N1CCOCC1.